The van der Waals surface area contributed by atoms with Crippen LogP contribution in [-0.2, 0) is 6.61 Å². The Morgan fingerprint density at radius 1 is 1.06 bits per heavy atom. The second kappa shape index (κ2) is 9.95. The van der Waals surface area contributed by atoms with Crippen LogP contribution in [0.3, 0.4) is 0 Å². The maximum absolute atomic E-state index is 9.01. The summed E-state index contributed by atoms with van der Waals surface area (Å²) in [6.45, 7) is 11.7. The predicted molar refractivity (Wildman–Crippen MR) is 74.6 cm³/mol. The fourth-order valence-corrected chi connectivity index (χ4v) is 1.63. The Balaban J connectivity index is 0. The first-order chi connectivity index (χ1) is 7.57. The smallest absolute Gasteiger partial charge is 0.0699 e. The Kier molecular flexibility index (Phi) is 11.3. The lowest BCUT2D eigenvalue weighted by atomic mass is 10.1. The molecule has 0 saturated heterocycles. The highest BCUT2D eigenvalue weighted by molar-refractivity contribution is 6.34. The topological polar surface area (TPSA) is 20.2 Å². The molecule has 0 heterocycles. The molecule has 0 bridgehead atoms. The third kappa shape index (κ3) is 4.73. The molecule has 1 nitrogen and oxygen atoms in total. The zero-order chi connectivity index (χ0) is 13.3. The van der Waals surface area contributed by atoms with Gasteiger partial charge in [-0.05, 0) is 31.0 Å². The fourth-order valence-electron chi connectivity index (χ4n) is 1.10. The number of rotatable bonds is 1. The predicted octanol–water partition coefficient (Wildman–Crippen LogP) is 5.15. The number of aliphatic hydroxyl groups is 1. The van der Waals surface area contributed by atoms with E-state index in [0.29, 0.717) is 10.0 Å². The SMILES string of the molecule is CC.CC.Cc1cc(Cl)c(C)c(CO)c1Cl. The first-order valence-corrected chi connectivity index (χ1v) is 6.38. The minimum absolute atomic E-state index is 0.0634. The Labute approximate surface area is 109 Å². The minimum Gasteiger partial charge on any atom is -0.392 e. The van der Waals surface area contributed by atoms with Crippen molar-refractivity contribution in [2.75, 3.05) is 0 Å². The van der Waals surface area contributed by atoms with Crippen LogP contribution in [0.25, 0.3) is 0 Å². The van der Waals surface area contributed by atoms with Crippen molar-refractivity contribution in [1.82, 2.24) is 0 Å². The minimum atomic E-state index is -0.0634. The molecule has 94 valence electrons. The van der Waals surface area contributed by atoms with Crippen LogP contribution in [0, 0.1) is 13.8 Å². The van der Waals surface area contributed by atoms with Crippen LogP contribution in [0.15, 0.2) is 6.07 Å². The Morgan fingerprint density at radius 3 is 1.88 bits per heavy atom. The highest BCUT2D eigenvalue weighted by Crippen LogP contribution is 2.29. The van der Waals surface area contributed by atoms with Crippen molar-refractivity contribution in [3.05, 3.63) is 32.8 Å². The lowest BCUT2D eigenvalue weighted by Crippen LogP contribution is -1.93. The van der Waals surface area contributed by atoms with Crippen molar-refractivity contribution in [2.45, 2.75) is 48.1 Å². The number of halogens is 2. The summed E-state index contributed by atoms with van der Waals surface area (Å²) in [7, 11) is 0. The largest absolute Gasteiger partial charge is 0.392 e. The molecule has 0 aliphatic carbocycles. The van der Waals surface area contributed by atoms with E-state index in [9.17, 15) is 0 Å². The van der Waals surface area contributed by atoms with Gasteiger partial charge < -0.3 is 5.11 Å². The van der Waals surface area contributed by atoms with E-state index >= 15 is 0 Å². The van der Waals surface area contributed by atoms with Gasteiger partial charge in [-0.3, -0.25) is 0 Å². The van der Waals surface area contributed by atoms with Crippen LogP contribution >= 0.6 is 23.2 Å². The summed E-state index contributed by atoms with van der Waals surface area (Å²) in [4.78, 5) is 0. The van der Waals surface area contributed by atoms with Gasteiger partial charge >= 0.3 is 0 Å². The molecular formula is C13H22Cl2O. The van der Waals surface area contributed by atoms with Gasteiger partial charge in [0.15, 0.2) is 0 Å². The van der Waals surface area contributed by atoms with Gasteiger partial charge in [-0.2, -0.15) is 0 Å². The van der Waals surface area contributed by atoms with Crippen LogP contribution in [0.2, 0.25) is 10.0 Å². The summed E-state index contributed by atoms with van der Waals surface area (Å²) < 4.78 is 0. The van der Waals surface area contributed by atoms with Gasteiger partial charge in [-0.25, -0.2) is 0 Å². The number of benzene rings is 1. The van der Waals surface area contributed by atoms with Gasteiger partial charge in [0.25, 0.3) is 0 Å². The Hall–Kier alpha value is -0.240. The normalized spacial score (nSPS) is 8.56. The highest BCUT2D eigenvalue weighted by atomic mass is 35.5. The summed E-state index contributed by atoms with van der Waals surface area (Å²) in [5, 5.41) is 10.3. The number of aryl methyl sites for hydroxylation is 1. The van der Waals surface area contributed by atoms with Crippen LogP contribution in [-0.4, -0.2) is 5.11 Å². The van der Waals surface area contributed by atoms with E-state index in [1.165, 1.54) is 0 Å². The first kappa shape index (κ1) is 18.1. The molecule has 1 aromatic carbocycles. The molecule has 0 unspecified atom stereocenters. The van der Waals surface area contributed by atoms with Crippen molar-refractivity contribution in [1.29, 1.82) is 0 Å². The van der Waals surface area contributed by atoms with Crippen molar-refractivity contribution in [3.63, 3.8) is 0 Å². The van der Waals surface area contributed by atoms with Gasteiger partial charge in [0, 0.05) is 15.6 Å². The summed E-state index contributed by atoms with van der Waals surface area (Å²) in [5.41, 5.74) is 2.48. The van der Waals surface area contributed by atoms with Crippen LogP contribution in [0.1, 0.15) is 44.4 Å². The molecule has 0 atom stereocenters. The summed E-state index contributed by atoms with van der Waals surface area (Å²) in [5.74, 6) is 0. The zero-order valence-corrected chi connectivity index (χ0v) is 12.5. The molecule has 0 amide bonds. The highest BCUT2D eigenvalue weighted by Gasteiger charge is 2.09. The average Bonchev–Trinajstić information content (AvgIpc) is 2.33. The van der Waals surface area contributed by atoms with E-state index in [4.69, 9.17) is 28.3 Å². The number of hydrogen-bond donors (Lipinski definition) is 1. The molecule has 1 N–H and O–H groups in total. The molecular weight excluding hydrogens is 243 g/mol. The van der Waals surface area contributed by atoms with Gasteiger partial charge in [0.05, 0.1) is 6.61 Å². The lowest BCUT2D eigenvalue weighted by molar-refractivity contribution is 0.281. The molecule has 3 heteroatoms. The second-order valence-electron chi connectivity index (χ2n) is 2.75. The van der Waals surface area contributed by atoms with E-state index in [1.54, 1.807) is 6.07 Å². The van der Waals surface area contributed by atoms with Crippen molar-refractivity contribution in [2.24, 2.45) is 0 Å². The Bertz CT molecular complexity index is 283. The molecule has 0 fully saturated rings. The third-order valence-electron chi connectivity index (χ3n) is 1.92. The molecule has 16 heavy (non-hydrogen) atoms. The van der Waals surface area contributed by atoms with E-state index in [2.05, 4.69) is 0 Å². The fraction of sp³-hybridized carbons (Fsp3) is 0.538. The molecule has 1 aromatic rings. The molecule has 1 rings (SSSR count). The van der Waals surface area contributed by atoms with Gasteiger partial charge in [0.2, 0.25) is 0 Å². The maximum atomic E-state index is 9.01. The van der Waals surface area contributed by atoms with Crippen LogP contribution < -0.4 is 0 Å². The summed E-state index contributed by atoms with van der Waals surface area (Å²) in [6, 6.07) is 1.80. The van der Waals surface area contributed by atoms with Gasteiger partial charge in [-0.15, -0.1) is 0 Å². The lowest BCUT2D eigenvalue weighted by Gasteiger charge is -2.09. The zero-order valence-electron chi connectivity index (χ0n) is 11.0. The van der Waals surface area contributed by atoms with Gasteiger partial charge in [-0.1, -0.05) is 50.9 Å². The van der Waals surface area contributed by atoms with Crippen molar-refractivity contribution < 1.29 is 5.11 Å². The summed E-state index contributed by atoms with van der Waals surface area (Å²) in [6.07, 6.45) is 0. The summed E-state index contributed by atoms with van der Waals surface area (Å²) >= 11 is 11.9. The monoisotopic (exact) mass is 264 g/mol. The van der Waals surface area contributed by atoms with Gasteiger partial charge in [0.1, 0.15) is 0 Å². The van der Waals surface area contributed by atoms with Crippen molar-refractivity contribution >= 4 is 23.2 Å². The molecule has 0 radical (unpaired) electrons. The third-order valence-corrected chi connectivity index (χ3v) is 2.84. The second-order valence-corrected chi connectivity index (χ2v) is 3.54. The average molecular weight is 265 g/mol. The van der Waals surface area contributed by atoms with Crippen LogP contribution in [0.4, 0.5) is 0 Å². The first-order valence-electron chi connectivity index (χ1n) is 5.63. The van der Waals surface area contributed by atoms with E-state index < -0.39 is 0 Å². The van der Waals surface area contributed by atoms with E-state index in [0.717, 1.165) is 16.7 Å². The molecule has 0 spiro atoms. The maximum Gasteiger partial charge on any atom is 0.0699 e. The quantitative estimate of drug-likeness (QED) is 0.744. The van der Waals surface area contributed by atoms with E-state index in [1.807, 2.05) is 41.5 Å². The van der Waals surface area contributed by atoms with Crippen molar-refractivity contribution in [3.8, 4) is 0 Å². The standard InChI is InChI=1S/C9H10Cl2O.2C2H6/c1-5-3-8(10)6(2)7(4-12)9(5)11;2*1-2/h3,12H,4H2,1-2H3;2*1-2H3. The van der Waals surface area contributed by atoms with E-state index in [-0.39, 0.29) is 6.61 Å². The molecule has 0 aromatic heterocycles. The number of aliphatic hydroxyl groups excluding tert-OH is 1. The van der Waals surface area contributed by atoms with Crippen LogP contribution in [0.5, 0.6) is 0 Å². The molecule has 0 saturated carbocycles. The number of hydrogen-bond acceptors (Lipinski definition) is 1. The molecule has 0 aliphatic heterocycles. The molecule has 0 aliphatic rings. The Morgan fingerprint density at radius 2 is 1.50 bits per heavy atom.